The molecule has 0 radical (unpaired) electrons. The lowest BCUT2D eigenvalue weighted by atomic mass is 10.2. The normalized spacial score (nSPS) is 14.6. The third-order valence-electron chi connectivity index (χ3n) is 3.64. The van der Waals surface area contributed by atoms with Crippen molar-refractivity contribution in [2.45, 2.75) is 26.2 Å². The molecular weight excluding hydrogens is 318 g/mol. The van der Waals surface area contributed by atoms with Gasteiger partial charge in [-0.2, -0.15) is 0 Å². The van der Waals surface area contributed by atoms with Gasteiger partial charge in [0.15, 0.2) is 0 Å². The van der Waals surface area contributed by atoms with Crippen LogP contribution in [0.15, 0.2) is 41.5 Å². The largest absolute Gasteiger partial charge is 0.372 e. The average molecular weight is 348 g/mol. The molecule has 0 saturated carbocycles. The van der Waals surface area contributed by atoms with Gasteiger partial charge >= 0.3 is 0 Å². The Bertz CT molecular complexity index is 518. The summed E-state index contributed by atoms with van der Waals surface area (Å²) < 4.78 is 0. The number of carbonyl (C=O) groups is 1. The maximum Gasteiger partial charge on any atom is 0.144 e. The summed E-state index contributed by atoms with van der Waals surface area (Å²) in [4.78, 5) is 16.9. The maximum absolute atomic E-state index is 10.2. The number of carbonyl (C=O) groups excluding carboxylic acids is 1. The zero-order valence-electron chi connectivity index (χ0n) is 15.0. The summed E-state index contributed by atoms with van der Waals surface area (Å²) >= 11 is 1.58. The van der Waals surface area contributed by atoms with Crippen LogP contribution in [0.4, 0.5) is 5.69 Å². The van der Waals surface area contributed by atoms with Crippen LogP contribution in [-0.2, 0) is 4.79 Å². The number of hydrogen-bond donors (Lipinski definition) is 1. The van der Waals surface area contributed by atoms with E-state index in [-0.39, 0.29) is 0 Å². The van der Waals surface area contributed by atoms with Crippen LogP contribution in [-0.4, -0.2) is 44.3 Å². The molecule has 0 aromatic heterocycles. The summed E-state index contributed by atoms with van der Waals surface area (Å²) in [7, 11) is 1.96. The Morgan fingerprint density at radius 3 is 2.42 bits per heavy atom. The number of hydrogen-bond acceptors (Lipinski definition) is 5. The van der Waals surface area contributed by atoms with Gasteiger partial charge in [0.2, 0.25) is 0 Å². The van der Waals surface area contributed by atoms with Gasteiger partial charge in [0, 0.05) is 30.5 Å². The first kappa shape index (κ1) is 20.5. The Kier molecular flexibility index (Phi) is 10.9. The van der Waals surface area contributed by atoms with Crippen molar-refractivity contribution in [2.24, 2.45) is 4.99 Å². The van der Waals surface area contributed by atoms with E-state index >= 15 is 0 Å². The number of benzene rings is 1. The molecule has 0 unspecified atom stereocenters. The molecule has 1 aromatic carbocycles. The predicted octanol–water partition coefficient (Wildman–Crippen LogP) is 3.72. The van der Waals surface area contributed by atoms with E-state index in [4.69, 9.17) is 0 Å². The molecule has 0 amide bonds. The van der Waals surface area contributed by atoms with E-state index in [0.29, 0.717) is 0 Å². The van der Waals surface area contributed by atoms with E-state index in [1.807, 2.05) is 13.3 Å². The van der Waals surface area contributed by atoms with Crippen LogP contribution in [0.25, 0.3) is 0 Å². The first-order chi connectivity index (χ1) is 11.8. The van der Waals surface area contributed by atoms with Gasteiger partial charge in [-0.25, -0.2) is 4.99 Å². The molecule has 1 heterocycles. The number of rotatable bonds is 6. The summed E-state index contributed by atoms with van der Waals surface area (Å²) in [6, 6.07) is 8.49. The Hall–Kier alpha value is -1.59. The second-order valence-electron chi connectivity index (χ2n) is 5.46. The van der Waals surface area contributed by atoms with E-state index in [9.17, 15) is 4.79 Å². The van der Waals surface area contributed by atoms with Gasteiger partial charge in [-0.3, -0.25) is 4.79 Å². The highest BCUT2D eigenvalue weighted by molar-refractivity contribution is 8.13. The molecule has 4 nitrogen and oxygen atoms in total. The summed E-state index contributed by atoms with van der Waals surface area (Å²) in [6.07, 6.45) is 9.46. The standard InChI is InChI=1S/C15H18N2OS.C4H11N/c1-19-15(16-9-4-12-18)13-5-7-14(8-6-13)17-10-2-3-11-17;1-3-4-5-2/h4-9,12H,2-3,10-11H2,1H3;5H,3-4H2,1-2H3/b9-4+,16-15?;. The minimum absolute atomic E-state index is 0.734. The van der Waals surface area contributed by atoms with Gasteiger partial charge in [0.05, 0.1) is 0 Å². The summed E-state index contributed by atoms with van der Waals surface area (Å²) in [5.74, 6) is 0. The second-order valence-corrected chi connectivity index (χ2v) is 6.26. The number of allylic oxidation sites excluding steroid dienone is 1. The van der Waals surface area contributed by atoms with Crippen molar-refractivity contribution in [3.8, 4) is 0 Å². The predicted molar refractivity (Wildman–Crippen MR) is 107 cm³/mol. The minimum atomic E-state index is 0.734. The van der Waals surface area contributed by atoms with E-state index in [2.05, 4.69) is 46.4 Å². The number of nitrogens with one attached hydrogen (secondary N) is 1. The molecule has 0 bridgehead atoms. The van der Waals surface area contributed by atoms with E-state index < -0.39 is 0 Å². The number of aliphatic imine (C=N–C) groups is 1. The third-order valence-corrected chi connectivity index (χ3v) is 4.36. The van der Waals surface area contributed by atoms with Crippen molar-refractivity contribution < 1.29 is 4.79 Å². The fourth-order valence-electron chi connectivity index (χ4n) is 2.43. The van der Waals surface area contributed by atoms with Crippen molar-refractivity contribution >= 4 is 28.8 Å². The summed E-state index contributed by atoms with van der Waals surface area (Å²) in [5, 5.41) is 3.94. The van der Waals surface area contributed by atoms with Crippen LogP contribution < -0.4 is 10.2 Å². The number of nitrogens with zero attached hydrogens (tertiary/aromatic N) is 2. The molecule has 1 aliphatic rings. The number of thioether (sulfide) groups is 1. The van der Waals surface area contributed by atoms with Crippen molar-refractivity contribution in [1.82, 2.24) is 5.32 Å². The highest BCUT2D eigenvalue weighted by atomic mass is 32.2. The number of anilines is 1. The fraction of sp³-hybridized carbons (Fsp3) is 0.474. The van der Waals surface area contributed by atoms with Crippen LogP contribution in [0.3, 0.4) is 0 Å². The van der Waals surface area contributed by atoms with E-state index in [1.54, 1.807) is 11.8 Å². The van der Waals surface area contributed by atoms with Crippen LogP contribution in [0.5, 0.6) is 0 Å². The van der Waals surface area contributed by atoms with E-state index in [0.717, 1.165) is 36.5 Å². The highest BCUT2D eigenvalue weighted by Crippen LogP contribution is 2.22. The molecular formula is C19H29N3OS. The molecule has 1 aromatic rings. The average Bonchev–Trinajstić information content (AvgIpc) is 3.15. The molecule has 1 aliphatic heterocycles. The van der Waals surface area contributed by atoms with Gasteiger partial charge in [-0.15, -0.1) is 11.8 Å². The maximum atomic E-state index is 10.2. The quantitative estimate of drug-likeness (QED) is 0.369. The lowest BCUT2D eigenvalue weighted by molar-refractivity contribution is -0.104. The van der Waals surface area contributed by atoms with Crippen LogP contribution >= 0.6 is 11.8 Å². The molecule has 132 valence electrons. The molecule has 1 saturated heterocycles. The molecule has 2 rings (SSSR count). The first-order valence-electron chi connectivity index (χ1n) is 8.48. The van der Waals surface area contributed by atoms with Crippen molar-refractivity contribution in [2.75, 3.05) is 37.8 Å². The molecule has 1 fully saturated rings. The molecule has 0 aliphatic carbocycles. The Balaban J connectivity index is 0.000000505. The summed E-state index contributed by atoms with van der Waals surface area (Å²) in [6.45, 7) is 5.60. The number of aldehydes is 1. The first-order valence-corrected chi connectivity index (χ1v) is 9.71. The molecule has 24 heavy (non-hydrogen) atoms. The molecule has 0 atom stereocenters. The van der Waals surface area contributed by atoms with Gasteiger partial charge in [-0.05, 0) is 57.3 Å². The SMILES string of the molecule is CCCNC.CSC(=N/C=C/C=O)c1ccc(N2CCCC2)cc1. The van der Waals surface area contributed by atoms with Crippen LogP contribution in [0.2, 0.25) is 0 Å². The minimum Gasteiger partial charge on any atom is -0.372 e. The lowest BCUT2D eigenvalue weighted by Gasteiger charge is -2.17. The smallest absolute Gasteiger partial charge is 0.144 e. The fourth-order valence-corrected chi connectivity index (χ4v) is 2.97. The van der Waals surface area contributed by atoms with Gasteiger partial charge < -0.3 is 10.2 Å². The van der Waals surface area contributed by atoms with Crippen molar-refractivity contribution in [3.05, 3.63) is 42.1 Å². The third kappa shape index (κ3) is 7.32. The Morgan fingerprint density at radius 2 is 1.96 bits per heavy atom. The van der Waals surface area contributed by atoms with Gasteiger partial charge in [0.25, 0.3) is 0 Å². The van der Waals surface area contributed by atoms with Crippen molar-refractivity contribution in [1.29, 1.82) is 0 Å². The summed E-state index contributed by atoms with van der Waals surface area (Å²) in [5.41, 5.74) is 2.37. The van der Waals surface area contributed by atoms with E-state index in [1.165, 1.54) is 37.2 Å². The lowest BCUT2D eigenvalue weighted by Crippen LogP contribution is -2.17. The van der Waals surface area contributed by atoms with Crippen LogP contribution in [0, 0.1) is 0 Å². The zero-order valence-corrected chi connectivity index (χ0v) is 15.8. The Labute approximate surface area is 150 Å². The zero-order chi connectivity index (χ0) is 17.6. The second kappa shape index (κ2) is 12.8. The molecule has 0 spiro atoms. The van der Waals surface area contributed by atoms with Crippen molar-refractivity contribution in [3.63, 3.8) is 0 Å². The van der Waals surface area contributed by atoms with Crippen LogP contribution in [0.1, 0.15) is 31.7 Å². The topological polar surface area (TPSA) is 44.7 Å². The molecule has 1 N–H and O–H groups in total. The monoisotopic (exact) mass is 347 g/mol. The Morgan fingerprint density at radius 1 is 1.29 bits per heavy atom. The highest BCUT2D eigenvalue weighted by Gasteiger charge is 2.12. The molecule has 5 heteroatoms. The van der Waals surface area contributed by atoms with Gasteiger partial charge in [0.1, 0.15) is 11.3 Å². The van der Waals surface area contributed by atoms with Gasteiger partial charge in [-0.1, -0.05) is 19.1 Å².